The number of ether oxygens (including phenoxy) is 1. The Bertz CT molecular complexity index is 1250. The van der Waals surface area contributed by atoms with Crippen molar-refractivity contribution in [1.29, 1.82) is 0 Å². The van der Waals surface area contributed by atoms with E-state index in [9.17, 15) is 18.0 Å². The first-order valence-electron chi connectivity index (χ1n) is 9.45. The quantitative estimate of drug-likeness (QED) is 0.581. The van der Waals surface area contributed by atoms with Crippen LogP contribution in [0.15, 0.2) is 54.6 Å². The van der Waals surface area contributed by atoms with E-state index in [0.717, 1.165) is 5.56 Å². The van der Waals surface area contributed by atoms with Crippen LogP contribution in [0, 0.1) is 0 Å². The number of sulfone groups is 1. The number of fused-ring (bicyclic) bond motifs is 1. The Morgan fingerprint density at radius 2 is 1.84 bits per heavy atom. The highest BCUT2D eigenvalue weighted by Crippen LogP contribution is 2.32. The van der Waals surface area contributed by atoms with Gasteiger partial charge in [-0.3, -0.25) is 9.59 Å². The summed E-state index contributed by atoms with van der Waals surface area (Å²) in [6.07, 6.45) is 0. The van der Waals surface area contributed by atoms with E-state index >= 15 is 0 Å². The summed E-state index contributed by atoms with van der Waals surface area (Å²) in [5.41, 5.74) is 2.18. The Balaban J connectivity index is 1.54. The van der Waals surface area contributed by atoms with Crippen molar-refractivity contribution in [2.24, 2.45) is 0 Å². The van der Waals surface area contributed by atoms with Crippen molar-refractivity contribution in [3.63, 3.8) is 0 Å². The first kappa shape index (κ1) is 20.6. The van der Waals surface area contributed by atoms with Crippen LogP contribution in [0.25, 0.3) is 5.69 Å². The lowest BCUT2D eigenvalue weighted by atomic mass is 10.2. The standard InChI is InChI=1S/C21H20N4O5S/c1-30-16-9-5-6-14(10-16)11-22-20(26)21(27)23-19-17-12-31(28,29)13-18(17)24-25(19)15-7-3-2-4-8-15/h2-10H,11-13H2,1H3,(H,22,26)(H,23,27). The number of aromatic nitrogens is 2. The summed E-state index contributed by atoms with van der Waals surface area (Å²) in [6.45, 7) is 0.133. The van der Waals surface area contributed by atoms with Gasteiger partial charge in [0.1, 0.15) is 11.6 Å². The van der Waals surface area contributed by atoms with E-state index in [1.54, 1.807) is 55.6 Å². The molecular weight excluding hydrogens is 420 g/mol. The van der Waals surface area contributed by atoms with Gasteiger partial charge >= 0.3 is 11.8 Å². The van der Waals surface area contributed by atoms with Crippen LogP contribution in [0.2, 0.25) is 0 Å². The lowest BCUT2D eigenvalue weighted by Gasteiger charge is -2.11. The molecule has 0 fully saturated rings. The number of amides is 2. The molecule has 4 rings (SSSR count). The van der Waals surface area contributed by atoms with Gasteiger partial charge in [0.25, 0.3) is 0 Å². The zero-order chi connectivity index (χ0) is 22.0. The third kappa shape index (κ3) is 4.43. The van der Waals surface area contributed by atoms with Crippen molar-refractivity contribution < 1.29 is 22.7 Å². The molecule has 0 saturated carbocycles. The fraction of sp³-hybridized carbons (Fsp3) is 0.190. The highest BCUT2D eigenvalue weighted by molar-refractivity contribution is 7.90. The predicted octanol–water partition coefficient (Wildman–Crippen LogP) is 1.56. The number of benzene rings is 2. The zero-order valence-electron chi connectivity index (χ0n) is 16.7. The summed E-state index contributed by atoms with van der Waals surface area (Å²) in [5, 5.41) is 9.46. The summed E-state index contributed by atoms with van der Waals surface area (Å²) in [6, 6.07) is 16.1. The zero-order valence-corrected chi connectivity index (χ0v) is 17.5. The average Bonchev–Trinajstić information content (AvgIpc) is 3.25. The second-order valence-corrected chi connectivity index (χ2v) is 9.11. The van der Waals surface area contributed by atoms with Crippen LogP contribution in [0.5, 0.6) is 5.75 Å². The normalized spacial score (nSPS) is 14.0. The van der Waals surface area contributed by atoms with Gasteiger partial charge in [-0.15, -0.1) is 0 Å². The molecule has 0 aliphatic carbocycles. The third-order valence-electron chi connectivity index (χ3n) is 4.81. The van der Waals surface area contributed by atoms with Crippen LogP contribution in [0.1, 0.15) is 16.8 Å². The van der Waals surface area contributed by atoms with Crippen LogP contribution >= 0.6 is 0 Å². The van der Waals surface area contributed by atoms with E-state index in [0.29, 0.717) is 22.7 Å². The van der Waals surface area contributed by atoms with Gasteiger partial charge in [-0.1, -0.05) is 30.3 Å². The highest BCUT2D eigenvalue weighted by Gasteiger charge is 2.33. The minimum absolute atomic E-state index is 0.133. The van der Waals surface area contributed by atoms with Crippen LogP contribution in [0.4, 0.5) is 5.82 Å². The first-order chi connectivity index (χ1) is 14.9. The molecule has 1 aromatic heterocycles. The molecule has 160 valence electrons. The number of anilines is 1. The number of hydrogen-bond donors (Lipinski definition) is 2. The SMILES string of the molecule is COc1cccc(CNC(=O)C(=O)Nc2c3c(nn2-c2ccccc2)CS(=O)(=O)C3)c1. The van der Waals surface area contributed by atoms with E-state index in [4.69, 9.17) is 4.74 Å². The van der Waals surface area contributed by atoms with Gasteiger partial charge < -0.3 is 15.4 Å². The van der Waals surface area contributed by atoms with Crippen molar-refractivity contribution in [2.75, 3.05) is 12.4 Å². The van der Waals surface area contributed by atoms with Crippen LogP contribution in [-0.2, 0) is 37.5 Å². The molecule has 31 heavy (non-hydrogen) atoms. The van der Waals surface area contributed by atoms with Gasteiger partial charge in [-0.05, 0) is 29.8 Å². The Morgan fingerprint density at radius 3 is 2.58 bits per heavy atom. The monoisotopic (exact) mass is 440 g/mol. The molecule has 0 bridgehead atoms. The molecular formula is C21H20N4O5S. The van der Waals surface area contributed by atoms with Crippen molar-refractivity contribution in [2.45, 2.75) is 18.1 Å². The van der Waals surface area contributed by atoms with Crippen molar-refractivity contribution in [3.8, 4) is 11.4 Å². The minimum atomic E-state index is -3.33. The number of carbonyl (C=O) groups excluding carboxylic acids is 2. The van der Waals surface area contributed by atoms with Crippen molar-refractivity contribution >= 4 is 27.5 Å². The molecule has 0 atom stereocenters. The Kier molecular flexibility index (Phi) is 5.47. The van der Waals surface area contributed by atoms with E-state index < -0.39 is 21.7 Å². The topological polar surface area (TPSA) is 119 Å². The van der Waals surface area contributed by atoms with Crippen LogP contribution in [-0.4, -0.2) is 37.1 Å². The Hall–Kier alpha value is -3.66. The third-order valence-corrected chi connectivity index (χ3v) is 6.26. The van der Waals surface area contributed by atoms with E-state index in [2.05, 4.69) is 15.7 Å². The maximum absolute atomic E-state index is 12.6. The van der Waals surface area contributed by atoms with Crippen molar-refractivity contribution in [3.05, 3.63) is 71.4 Å². The van der Waals surface area contributed by atoms with Gasteiger partial charge in [0.05, 0.1) is 30.0 Å². The summed E-state index contributed by atoms with van der Waals surface area (Å²) >= 11 is 0. The van der Waals surface area contributed by atoms with Gasteiger partial charge in [-0.2, -0.15) is 5.10 Å². The molecule has 3 aromatic rings. The van der Waals surface area contributed by atoms with Crippen LogP contribution in [0.3, 0.4) is 0 Å². The molecule has 0 saturated heterocycles. The Labute approximate surface area is 178 Å². The number of nitrogens with zero attached hydrogens (tertiary/aromatic N) is 2. The number of methoxy groups -OCH3 is 1. The molecule has 2 aromatic carbocycles. The van der Waals surface area contributed by atoms with E-state index in [-0.39, 0.29) is 23.9 Å². The average molecular weight is 440 g/mol. The lowest BCUT2D eigenvalue weighted by Crippen LogP contribution is -2.35. The fourth-order valence-electron chi connectivity index (χ4n) is 3.34. The van der Waals surface area contributed by atoms with Gasteiger partial charge in [-0.25, -0.2) is 13.1 Å². The second kappa shape index (κ2) is 8.23. The summed E-state index contributed by atoms with van der Waals surface area (Å²) in [4.78, 5) is 24.9. The summed E-state index contributed by atoms with van der Waals surface area (Å²) in [7, 11) is -1.79. The van der Waals surface area contributed by atoms with Gasteiger partial charge in [0, 0.05) is 12.1 Å². The molecule has 2 amide bonds. The number of nitrogens with one attached hydrogen (secondary N) is 2. The second-order valence-electron chi connectivity index (χ2n) is 7.04. The molecule has 0 unspecified atom stereocenters. The lowest BCUT2D eigenvalue weighted by molar-refractivity contribution is -0.136. The van der Waals surface area contributed by atoms with Gasteiger partial charge in [0.2, 0.25) is 0 Å². The number of para-hydroxylation sites is 1. The Morgan fingerprint density at radius 1 is 1.06 bits per heavy atom. The molecule has 0 spiro atoms. The van der Waals surface area contributed by atoms with E-state index in [1.165, 1.54) is 4.68 Å². The summed E-state index contributed by atoms with van der Waals surface area (Å²) in [5.74, 6) is -1.38. The molecule has 10 heteroatoms. The number of hydrogen-bond acceptors (Lipinski definition) is 6. The fourth-order valence-corrected chi connectivity index (χ4v) is 4.83. The van der Waals surface area contributed by atoms with Crippen molar-refractivity contribution in [1.82, 2.24) is 15.1 Å². The molecule has 9 nitrogen and oxygen atoms in total. The minimum Gasteiger partial charge on any atom is -0.497 e. The van der Waals surface area contributed by atoms with E-state index in [1.807, 2.05) is 6.07 Å². The predicted molar refractivity (Wildman–Crippen MR) is 113 cm³/mol. The largest absolute Gasteiger partial charge is 0.497 e. The van der Waals surface area contributed by atoms with Crippen LogP contribution < -0.4 is 15.4 Å². The number of rotatable bonds is 5. The maximum atomic E-state index is 12.6. The number of carbonyl (C=O) groups is 2. The molecule has 1 aliphatic heterocycles. The maximum Gasteiger partial charge on any atom is 0.314 e. The summed E-state index contributed by atoms with van der Waals surface area (Å²) < 4.78 is 30.7. The molecule has 2 heterocycles. The molecule has 2 N–H and O–H groups in total. The first-order valence-corrected chi connectivity index (χ1v) is 11.3. The molecule has 0 radical (unpaired) electrons. The molecule has 1 aliphatic rings. The van der Waals surface area contributed by atoms with Gasteiger partial charge in [0.15, 0.2) is 9.84 Å². The highest BCUT2D eigenvalue weighted by atomic mass is 32.2. The smallest absolute Gasteiger partial charge is 0.314 e.